The van der Waals surface area contributed by atoms with Gasteiger partial charge in [-0.25, -0.2) is 9.78 Å². The molecule has 218 valence electrons. The minimum Gasteiger partial charge on any atom is -0.481 e. The highest BCUT2D eigenvalue weighted by Crippen LogP contribution is 2.50. The van der Waals surface area contributed by atoms with Gasteiger partial charge >= 0.3 is 12.1 Å². The molecule has 2 fully saturated rings. The van der Waals surface area contributed by atoms with E-state index in [9.17, 15) is 27.9 Å². The lowest BCUT2D eigenvalue weighted by Crippen LogP contribution is -2.50. The molecule has 2 aliphatic rings. The number of hydrogen-bond donors (Lipinski definition) is 1. The molecule has 2 saturated heterocycles. The molecule has 0 radical (unpaired) electrons. The van der Waals surface area contributed by atoms with Crippen LogP contribution in [0.1, 0.15) is 56.3 Å². The van der Waals surface area contributed by atoms with Crippen LogP contribution in [0, 0.1) is 11.3 Å². The van der Waals surface area contributed by atoms with Crippen LogP contribution in [-0.4, -0.2) is 58.8 Å². The summed E-state index contributed by atoms with van der Waals surface area (Å²) in [5.41, 5.74) is -0.973. The molecule has 1 amide bonds. The van der Waals surface area contributed by atoms with E-state index in [4.69, 9.17) is 14.2 Å². The van der Waals surface area contributed by atoms with Crippen molar-refractivity contribution in [1.29, 1.82) is 0 Å². The Morgan fingerprint density at radius 1 is 1.23 bits per heavy atom. The molecule has 2 aromatic rings. The van der Waals surface area contributed by atoms with E-state index in [1.54, 1.807) is 24.3 Å². The molecule has 1 N–H and O–H groups in total. The number of likely N-dealkylation sites (tertiary alicyclic amines) is 1. The quantitative estimate of drug-likeness (QED) is 0.424. The molecule has 40 heavy (non-hydrogen) atoms. The molecule has 1 aromatic carbocycles. The van der Waals surface area contributed by atoms with E-state index in [2.05, 4.69) is 20.9 Å². The summed E-state index contributed by atoms with van der Waals surface area (Å²) in [7, 11) is 1.29. The first kappa shape index (κ1) is 30.3. The predicted molar refractivity (Wildman–Crippen MR) is 141 cm³/mol. The smallest absolute Gasteiger partial charge is 0.417 e. The van der Waals surface area contributed by atoms with E-state index in [0.717, 1.165) is 6.07 Å². The van der Waals surface area contributed by atoms with Crippen LogP contribution < -0.4 is 4.74 Å². The molecule has 0 saturated carbocycles. The average Bonchev–Trinajstić information content (AvgIpc) is 3.53. The fraction of sp³-hybridized carbons (Fsp3) is 0.536. The van der Waals surface area contributed by atoms with Crippen molar-refractivity contribution in [3.05, 3.63) is 57.7 Å². The van der Waals surface area contributed by atoms with Crippen LogP contribution in [0.5, 0.6) is 5.88 Å². The Morgan fingerprint density at radius 3 is 2.50 bits per heavy atom. The number of carbonyl (C=O) groups excluding carboxylic acids is 1. The van der Waals surface area contributed by atoms with E-state index in [1.165, 1.54) is 12.0 Å². The number of alkyl halides is 3. The average molecular weight is 629 g/mol. The lowest BCUT2D eigenvalue weighted by atomic mass is 9.73. The van der Waals surface area contributed by atoms with Gasteiger partial charge in [0.15, 0.2) is 0 Å². The zero-order chi connectivity index (χ0) is 29.4. The first-order chi connectivity index (χ1) is 18.7. The van der Waals surface area contributed by atoms with E-state index in [1.807, 2.05) is 20.8 Å². The first-order valence-corrected chi connectivity index (χ1v) is 13.7. The van der Waals surface area contributed by atoms with Gasteiger partial charge in [-0.15, -0.1) is 0 Å². The summed E-state index contributed by atoms with van der Waals surface area (Å²) in [4.78, 5) is 31.9. The largest absolute Gasteiger partial charge is 0.481 e. The Morgan fingerprint density at radius 2 is 1.95 bits per heavy atom. The number of benzene rings is 1. The van der Waals surface area contributed by atoms with Crippen molar-refractivity contribution in [2.45, 2.75) is 70.7 Å². The van der Waals surface area contributed by atoms with Crippen LogP contribution in [0.15, 0.2) is 41.0 Å². The Balaban J connectivity index is 1.83. The maximum Gasteiger partial charge on any atom is 0.417 e. The second-order valence-electron chi connectivity index (χ2n) is 11.1. The number of nitrogens with zero attached hydrogens (tertiary/aromatic N) is 2. The van der Waals surface area contributed by atoms with E-state index >= 15 is 0 Å². The number of rotatable bonds is 7. The predicted octanol–water partition coefficient (Wildman–Crippen LogP) is 5.63. The van der Waals surface area contributed by atoms with Crippen LogP contribution >= 0.6 is 15.9 Å². The van der Waals surface area contributed by atoms with Crippen LogP contribution in [0.2, 0.25) is 0 Å². The molecule has 12 heteroatoms. The van der Waals surface area contributed by atoms with Crippen molar-refractivity contribution >= 4 is 27.8 Å². The number of aliphatic carboxylic acids is 1. The highest BCUT2D eigenvalue weighted by Gasteiger charge is 2.59. The molecule has 0 aliphatic carbocycles. The number of aromatic nitrogens is 1. The highest BCUT2D eigenvalue weighted by molar-refractivity contribution is 9.10. The second-order valence-corrected chi connectivity index (χ2v) is 12.0. The van der Waals surface area contributed by atoms with Crippen LogP contribution in [0.3, 0.4) is 0 Å². The van der Waals surface area contributed by atoms with Gasteiger partial charge in [-0.05, 0) is 42.0 Å². The van der Waals surface area contributed by atoms with Gasteiger partial charge in [0.1, 0.15) is 12.1 Å². The van der Waals surface area contributed by atoms with Gasteiger partial charge in [0.05, 0.1) is 31.4 Å². The minimum absolute atomic E-state index is 0.0422. The molecule has 0 bridgehead atoms. The zero-order valence-corrected chi connectivity index (χ0v) is 24.2. The fourth-order valence-corrected chi connectivity index (χ4v) is 6.11. The number of carboxylic acid groups (broad SMARTS) is 1. The Bertz CT molecular complexity index is 1250. The third-order valence-corrected chi connectivity index (χ3v) is 7.88. The van der Waals surface area contributed by atoms with Crippen molar-refractivity contribution in [2.24, 2.45) is 11.3 Å². The fourth-order valence-electron chi connectivity index (χ4n) is 5.69. The minimum atomic E-state index is -4.63. The summed E-state index contributed by atoms with van der Waals surface area (Å²) in [6, 6.07) is 5.91. The topological polar surface area (TPSA) is 98.2 Å². The van der Waals surface area contributed by atoms with Crippen LogP contribution in [0.25, 0.3) is 0 Å². The van der Waals surface area contributed by atoms with Crippen molar-refractivity contribution in [1.82, 2.24) is 9.88 Å². The summed E-state index contributed by atoms with van der Waals surface area (Å²) in [5.74, 6) is -2.42. The molecular weight excluding hydrogens is 597 g/mol. The van der Waals surface area contributed by atoms with Gasteiger partial charge in [-0.2, -0.15) is 13.2 Å². The van der Waals surface area contributed by atoms with Crippen molar-refractivity contribution in [3.63, 3.8) is 0 Å². The number of hydrogen-bond acceptors (Lipinski definition) is 6. The van der Waals surface area contributed by atoms with Gasteiger partial charge in [-0.3, -0.25) is 4.79 Å². The van der Waals surface area contributed by atoms with E-state index in [0.29, 0.717) is 35.7 Å². The maximum absolute atomic E-state index is 13.9. The third kappa shape index (κ3) is 6.13. The molecule has 5 unspecified atom stereocenters. The normalized spacial score (nSPS) is 25.3. The number of amides is 1. The SMILES string of the molecule is COc1ncc(C(F)(F)F)cc1COC1C(c2cccc(Br)c2)N(C(=O)C2CCCO2)C(C(=O)O)C1C(C)(C)C. The Hall–Kier alpha value is -2.70. The summed E-state index contributed by atoms with van der Waals surface area (Å²) in [6.45, 7) is 5.61. The highest BCUT2D eigenvalue weighted by atomic mass is 79.9. The maximum atomic E-state index is 13.9. The van der Waals surface area contributed by atoms with Gasteiger partial charge < -0.3 is 24.2 Å². The van der Waals surface area contributed by atoms with Crippen LogP contribution in [-0.2, 0) is 31.8 Å². The second kappa shape index (κ2) is 11.7. The van der Waals surface area contributed by atoms with Gasteiger partial charge in [0, 0.05) is 28.8 Å². The Kier molecular flexibility index (Phi) is 8.82. The summed E-state index contributed by atoms with van der Waals surface area (Å²) in [5, 5.41) is 10.5. The monoisotopic (exact) mass is 628 g/mol. The van der Waals surface area contributed by atoms with Gasteiger partial charge in [0.2, 0.25) is 5.88 Å². The molecule has 5 atom stereocenters. The summed E-state index contributed by atoms with van der Waals surface area (Å²) < 4.78 is 58.3. The number of pyridine rings is 1. The third-order valence-electron chi connectivity index (χ3n) is 7.38. The van der Waals surface area contributed by atoms with E-state index < -0.39 is 59.2 Å². The van der Waals surface area contributed by atoms with Crippen LogP contribution in [0.4, 0.5) is 13.2 Å². The molecule has 2 aliphatic heterocycles. The lowest BCUT2D eigenvalue weighted by molar-refractivity contribution is -0.156. The Labute approximate surface area is 238 Å². The van der Waals surface area contributed by atoms with E-state index in [-0.39, 0.29) is 18.1 Å². The molecule has 4 rings (SSSR count). The number of ether oxygens (including phenoxy) is 3. The molecule has 8 nitrogen and oxygen atoms in total. The number of halogens is 4. The summed E-state index contributed by atoms with van der Waals surface area (Å²) >= 11 is 3.46. The number of carbonyl (C=O) groups is 2. The number of methoxy groups -OCH3 is 1. The molecule has 0 spiro atoms. The standard InChI is InChI=1S/C28H32BrF3N2O6/c1-27(2,3)20-22(26(36)37)34(25(35)19-9-6-10-39-19)21(15-7-5-8-18(29)12-15)23(20)40-14-16-11-17(28(30,31)32)13-33-24(16)38-4/h5,7-8,11-13,19-23H,6,9-10,14H2,1-4H3,(H,36,37). The van der Waals surface area contributed by atoms with Gasteiger partial charge in [-0.1, -0.05) is 48.8 Å². The molecule has 3 heterocycles. The summed E-state index contributed by atoms with van der Waals surface area (Å²) in [6.07, 6.45) is -4.50. The zero-order valence-electron chi connectivity index (χ0n) is 22.6. The van der Waals surface area contributed by atoms with Crippen molar-refractivity contribution < 1.29 is 42.1 Å². The number of carboxylic acids is 1. The molecular formula is C28H32BrF3N2O6. The first-order valence-electron chi connectivity index (χ1n) is 12.9. The van der Waals surface area contributed by atoms with Gasteiger partial charge in [0.25, 0.3) is 5.91 Å². The van der Waals surface area contributed by atoms with Crippen molar-refractivity contribution in [2.75, 3.05) is 13.7 Å². The molecule has 1 aromatic heterocycles. The lowest BCUT2D eigenvalue weighted by Gasteiger charge is -2.35. The van der Waals surface area contributed by atoms with Crippen molar-refractivity contribution in [3.8, 4) is 5.88 Å².